The van der Waals surface area contributed by atoms with Crippen molar-refractivity contribution in [2.24, 2.45) is 17.8 Å². The van der Waals surface area contributed by atoms with E-state index in [4.69, 9.17) is 9.47 Å². The molecule has 0 aromatic heterocycles. The minimum atomic E-state index is -0.0469. The molecule has 2 heterocycles. The third-order valence-electron chi connectivity index (χ3n) is 3.12. The molecule has 2 atom stereocenters. The second-order valence-corrected chi connectivity index (χ2v) is 3.98. The lowest BCUT2D eigenvalue weighted by atomic mass is 9.83. The van der Waals surface area contributed by atoms with E-state index < -0.39 is 0 Å². The summed E-state index contributed by atoms with van der Waals surface area (Å²) in [4.78, 5) is 11.6. The van der Waals surface area contributed by atoms with Crippen LogP contribution in [0.25, 0.3) is 0 Å². The zero-order valence-electron chi connectivity index (χ0n) is 8.90. The highest BCUT2D eigenvalue weighted by Gasteiger charge is 2.41. The van der Waals surface area contributed by atoms with Crippen LogP contribution in [-0.4, -0.2) is 38.9 Å². The van der Waals surface area contributed by atoms with E-state index >= 15 is 0 Å². The predicted molar refractivity (Wildman–Crippen MR) is 58.0 cm³/mol. The Labute approximate surface area is 96.1 Å². The van der Waals surface area contributed by atoms with Gasteiger partial charge in [-0.1, -0.05) is 0 Å². The van der Waals surface area contributed by atoms with Gasteiger partial charge in [-0.2, -0.15) is 0 Å². The summed E-state index contributed by atoms with van der Waals surface area (Å²) < 4.78 is 10.2. The molecule has 2 fully saturated rings. The largest absolute Gasteiger partial charge is 0.466 e. The molecule has 2 rings (SSSR count). The standard InChI is InChI=1S/C10H17NO3.ClH/c1-2-14-10(12)9-4-11-3-8(9)7-5-13-6-7;/h7-9,11H,2-6H2,1H3;1H/t8-,9+;/m1./s1. The maximum Gasteiger partial charge on any atom is 0.310 e. The van der Waals surface area contributed by atoms with Crippen molar-refractivity contribution in [1.29, 1.82) is 0 Å². The van der Waals surface area contributed by atoms with Gasteiger partial charge in [0, 0.05) is 12.5 Å². The van der Waals surface area contributed by atoms with Gasteiger partial charge < -0.3 is 14.8 Å². The predicted octanol–water partition coefficient (Wildman–Crippen LogP) is 0.453. The number of halogens is 1. The average Bonchev–Trinajstić information content (AvgIpc) is 2.50. The van der Waals surface area contributed by atoms with Crippen LogP contribution in [0.4, 0.5) is 0 Å². The summed E-state index contributed by atoms with van der Waals surface area (Å²) >= 11 is 0. The fraction of sp³-hybridized carbons (Fsp3) is 0.900. The first-order valence-electron chi connectivity index (χ1n) is 5.28. The first-order valence-corrected chi connectivity index (χ1v) is 5.28. The minimum absolute atomic E-state index is 0. The van der Waals surface area contributed by atoms with Gasteiger partial charge in [0.25, 0.3) is 0 Å². The normalized spacial score (nSPS) is 30.5. The van der Waals surface area contributed by atoms with E-state index in [0.29, 0.717) is 18.4 Å². The van der Waals surface area contributed by atoms with Gasteiger partial charge in [-0.05, 0) is 19.4 Å². The molecule has 0 bridgehead atoms. The Morgan fingerprint density at radius 2 is 2.20 bits per heavy atom. The van der Waals surface area contributed by atoms with Crippen molar-refractivity contribution in [3.8, 4) is 0 Å². The Balaban J connectivity index is 0.00000112. The Morgan fingerprint density at radius 3 is 2.73 bits per heavy atom. The van der Waals surface area contributed by atoms with E-state index in [1.54, 1.807) is 0 Å². The molecule has 0 saturated carbocycles. The van der Waals surface area contributed by atoms with Crippen molar-refractivity contribution in [2.45, 2.75) is 6.92 Å². The van der Waals surface area contributed by atoms with E-state index in [2.05, 4.69) is 5.32 Å². The van der Waals surface area contributed by atoms with Crippen LogP contribution in [0.2, 0.25) is 0 Å². The summed E-state index contributed by atoms with van der Waals surface area (Å²) in [6, 6.07) is 0. The van der Waals surface area contributed by atoms with Crippen LogP contribution in [-0.2, 0) is 14.3 Å². The SMILES string of the molecule is CCOC(=O)[C@H]1CNC[C@@H]1C1COC1.Cl. The molecule has 0 aliphatic carbocycles. The Kier molecular flexibility index (Phi) is 4.83. The van der Waals surface area contributed by atoms with Gasteiger partial charge in [0.05, 0.1) is 25.7 Å². The van der Waals surface area contributed by atoms with E-state index in [1.807, 2.05) is 6.92 Å². The molecule has 0 radical (unpaired) electrons. The van der Waals surface area contributed by atoms with Crippen molar-refractivity contribution < 1.29 is 14.3 Å². The second kappa shape index (κ2) is 5.68. The number of ether oxygens (including phenoxy) is 2. The van der Waals surface area contributed by atoms with E-state index in [0.717, 1.165) is 26.3 Å². The molecule has 2 aliphatic heterocycles. The lowest BCUT2D eigenvalue weighted by Crippen LogP contribution is -2.40. The molecule has 0 unspecified atom stereocenters. The van der Waals surface area contributed by atoms with Crippen molar-refractivity contribution in [3.05, 3.63) is 0 Å². The third-order valence-corrected chi connectivity index (χ3v) is 3.12. The molecule has 1 N–H and O–H groups in total. The molecule has 15 heavy (non-hydrogen) atoms. The smallest absolute Gasteiger partial charge is 0.310 e. The first kappa shape index (κ1) is 12.7. The first-order chi connectivity index (χ1) is 6.83. The van der Waals surface area contributed by atoms with Gasteiger partial charge in [-0.25, -0.2) is 0 Å². The minimum Gasteiger partial charge on any atom is -0.466 e. The fourth-order valence-electron chi connectivity index (χ4n) is 2.20. The second-order valence-electron chi connectivity index (χ2n) is 3.98. The van der Waals surface area contributed by atoms with E-state index in [1.165, 1.54) is 0 Å². The summed E-state index contributed by atoms with van der Waals surface area (Å²) in [6.45, 7) is 5.63. The van der Waals surface area contributed by atoms with Crippen LogP contribution in [0.5, 0.6) is 0 Å². The highest BCUT2D eigenvalue weighted by molar-refractivity contribution is 5.85. The molecule has 0 spiro atoms. The van der Waals surface area contributed by atoms with Crippen LogP contribution in [0, 0.1) is 17.8 Å². The molecule has 2 aliphatic rings. The molecule has 2 saturated heterocycles. The van der Waals surface area contributed by atoms with Crippen molar-refractivity contribution in [1.82, 2.24) is 5.32 Å². The summed E-state index contributed by atoms with van der Waals surface area (Å²) in [7, 11) is 0. The highest BCUT2D eigenvalue weighted by Crippen LogP contribution is 2.30. The van der Waals surface area contributed by atoms with Gasteiger partial charge in [0.15, 0.2) is 0 Å². The zero-order valence-corrected chi connectivity index (χ0v) is 9.72. The zero-order chi connectivity index (χ0) is 9.97. The van der Waals surface area contributed by atoms with Gasteiger partial charge in [-0.15, -0.1) is 12.4 Å². The summed E-state index contributed by atoms with van der Waals surface area (Å²) in [5.74, 6) is 0.973. The summed E-state index contributed by atoms with van der Waals surface area (Å²) in [6.07, 6.45) is 0. The average molecular weight is 236 g/mol. The van der Waals surface area contributed by atoms with Crippen molar-refractivity contribution >= 4 is 18.4 Å². The number of rotatable bonds is 3. The number of hydrogen-bond donors (Lipinski definition) is 1. The lowest BCUT2D eigenvalue weighted by Gasteiger charge is -2.33. The number of nitrogens with one attached hydrogen (secondary N) is 1. The van der Waals surface area contributed by atoms with Gasteiger partial charge >= 0.3 is 5.97 Å². The Morgan fingerprint density at radius 1 is 1.47 bits per heavy atom. The highest BCUT2D eigenvalue weighted by atomic mass is 35.5. The van der Waals surface area contributed by atoms with Crippen LogP contribution < -0.4 is 5.32 Å². The van der Waals surface area contributed by atoms with Gasteiger partial charge in [0.1, 0.15) is 0 Å². The van der Waals surface area contributed by atoms with Gasteiger partial charge in [-0.3, -0.25) is 4.79 Å². The molecule has 4 nitrogen and oxygen atoms in total. The van der Waals surface area contributed by atoms with Crippen molar-refractivity contribution in [3.63, 3.8) is 0 Å². The molecule has 5 heteroatoms. The van der Waals surface area contributed by atoms with E-state index in [-0.39, 0.29) is 24.3 Å². The molecular weight excluding hydrogens is 218 g/mol. The fourth-order valence-corrected chi connectivity index (χ4v) is 2.20. The van der Waals surface area contributed by atoms with Crippen LogP contribution >= 0.6 is 12.4 Å². The number of carbonyl (C=O) groups is 1. The molecular formula is C10H18ClNO3. The summed E-state index contributed by atoms with van der Waals surface area (Å²) in [5, 5.41) is 3.25. The Hall–Kier alpha value is -0.320. The quantitative estimate of drug-likeness (QED) is 0.722. The maximum absolute atomic E-state index is 11.6. The molecule has 88 valence electrons. The number of esters is 1. The topological polar surface area (TPSA) is 47.6 Å². The lowest BCUT2D eigenvalue weighted by molar-refractivity contribution is -0.152. The summed E-state index contributed by atoms with van der Waals surface area (Å²) in [5.41, 5.74) is 0. The van der Waals surface area contributed by atoms with Crippen LogP contribution in [0.3, 0.4) is 0 Å². The molecule has 0 amide bonds. The molecule has 0 aromatic carbocycles. The number of hydrogen-bond acceptors (Lipinski definition) is 4. The van der Waals surface area contributed by atoms with E-state index in [9.17, 15) is 4.79 Å². The molecule has 0 aromatic rings. The monoisotopic (exact) mass is 235 g/mol. The third kappa shape index (κ3) is 2.62. The Bertz CT molecular complexity index is 221. The van der Waals surface area contributed by atoms with Crippen LogP contribution in [0.15, 0.2) is 0 Å². The maximum atomic E-state index is 11.6. The van der Waals surface area contributed by atoms with Crippen LogP contribution in [0.1, 0.15) is 6.92 Å². The number of carbonyl (C=O) groups excluding carboxylic acids is 1. The van der Waals surface area contributed by atoms with Gasteiger partial charge in [0.2, 0.25) is 0 Å². The van der Waals surface area contributed by atoms with Crippen molar-refractivity contribution in [2.75, 3.05) is 32.9 Å².